The van der Waals surface area contributed by atoms with Crippen molar-refractivity contribution in [2.45, 2.75) is 84.2 Å². The molecule has 37 heavy (non-hydrogen) atoms. The molecular weight excluding hydrogens is 502 g/mol. The van der Waals surface area contributed by atoms with Crippen LogP contribution in [-0.4, -0.2) is 91.7 Å². The number of amides is 1. The van der Waals surface area contributed by atoms with Crippen LogP contribution in [0.1, 0.15) is 48.0 Å². The number of rotatable bonds is 10. The third-order valence-corrected chi connectivity index (χ3v) is 4.80. The first kappa shape index (κ1) is 31.3. The SMILES string of the molecule is COC(=O)C1(OC(C)=O)CC(OC(C)=O)C(NC(C)=O)C([C@@H](OC(C)=O)[C@H](COC(C)=O)OC(C)=O)O1. The summed E-state index contributed by atoms with van der Waals surface area (Å²) in [7, 11) is 0.971. The zero-order valence-electron chi connectivity index (χ0n) is 21.5. The van der Waals surface area contributed by atoms with E-state index in [2.05, 4.69) is 5.32 Å². The molecule has 4 unspecified atom stereocenters. The summed E-state index contributed by atoms with van der Waals surface area (Å²) in [4.78, 5) is 84.1. The number of hydrogen-bond donors (Lipinski definition) is 1. The summed E-state index contributed by atoms with van der Waals surface area (Å²) in [5, 5.41) is 2.49. The van der Waals surface area contributed by atoms with E-state index in [9.17, 15) is 33.6 Å². The molecule has 1 saturated heterocycles. The Morgan fingerprint density at radius 1 is 0.865 bits per heavy atom. The quantitative estimate of drug-likeness (QED) is 0.267. The lowest BCUT2D eigenvalue weighted by Crippen LogP contribution is -2.69. The van der Waals surface area contributed by atoms with E-state index in [4.69, 9.17) is 33.2 Å². The number of esters is 6. The largest absolute Gasteiger partial charge is 0.464 e. The van der Waals surface area contributed by atoms with E-state index in [0.29, 0.717) is 0 Å². The number of carbonyl (C=O) groups is 7. The molecule has 208 valence electrons. The van der Waals surface area contributed by atoms with Gasteiger partial charge in [0.25, 0.3) is 0 Å². The average molecular weight is 533 g/mol. The number of hydrogen-bond acceptors (Lipinski definition) is 14. The summed E-state index contributed by atoms with van der Waals surface area (Å²) in [5.74, 6) is -8.84. The Kier molecular flexibility index (Phi) is 11.4. The van der Waals surface area contributed by atoms with Gasteiger partial charge in [0.05, 0.1) is 19.6 Å². The lowest BCUT2D eigenvalue weighted by Gasteiger charge is -2.48. The van der Waals surface area contributed by atoms with Crippen molar-refractivity contribution in [1.29, 1.82) is 0 Å². The third-order valence-electron chi connectivity index (χ3n) is 4.80. The Hall–Kier alpha value is -3.75. The van der Waals surface area contributed by atoms with Gasteiger partial charge < -0.3 is 38.5 Å². The first-order valence-corrected chi connectivity index (χ1v) is 11.0. The molecule has 1 aliphatic heterocycles. The second-order valence-corrected chi connectivity index (χ2v) is 8.02. The van der Waals surface area contributed by atoms with Gasteiger partial charge in [0, 0.05) is 41.5 Å². The molecule has 15 heteroatoms. The van der Waals surface area contributed by atoms with Crippen LogP contribution in [0.4, 0.5) is 0 Å². The number of methoxy groups -OCH3 is 1. The Balaban J connectivity index is 3.83. The van der Waals surface area contributed by atoms with Gasteiger partial charge in [-0.1, -0.05) is 0 Å². The van der Waals surface area contributed by atoms with Gasteiger partial charge in [-0.15, -0.1) is 0 Å². The fourth-order valence-electron chi connectivity index (χ4n) is 3.74. The molecule has 1 amide bonds. The third kappa shape index (κ3) is 9.33. The molecule has 0 aromatic rings. The fraction of sp³-hybridized carbons (Fsp3) is 0.682. The molecule has 0 aromatic carbocycles. The van der Waals surface area contributed by atoms with Crippen molar-refractivity contribution in [2.75, 3.05) is 13.7 Å². The summed E-state index contributed by atoms with van der Waals surface area (Å²) in [6.07, 6.45) is -6.98. The molecule has 1 heterocycles. The highest BCUT2D eigenvalue weighted by Crippen LogP contribution is 2.37. The number of nitrogens with one attached hydrogen (secondary N) is 1. The molecule has 0 aliphatic carbocycles. The van der Waals surface area contributed by atoms with Crippen molar-refractivity contribution in [3.63, 3.8) is 0 Å². The molecule has 0 bridgehead atoms. The van der Waals surface area contributed by atoms with Gasteiger partial charge in [-0.25, -0.2) is 4.79 Å². The summed E-state index contributed by atoms with van der Waals surface area (Å²) in [5.41, 5.74) is 0. The van der Waals surface area contributed by atoms with Crippen LogP contribution in [0, 0.1) is 0 Å². The highest BCUT2D eigenvalue weighted by molar-refractivity contribution is 5.82. The van der Waals surface area contributed by atoms with Crippen LogP contribution in [0.5, 0.6) is 0 Å². The van der Waals surface area contributed by atoms with Gasteiger partial charge in [0.2, 0.25) is 5.91 Å². The minimum Gasteiger partial charge on any atom is -0.464 e. The van der Waals surface area contributed by atoms with E-state index in [1.807, 2.05) is 0 Å². The van der Waals surface area contributed by atoms with E-state index >= 15 is 0 Å². The Labute approximate surface area is 212 Å². The minimum absolute atomic E-state index is 0.630. The maximum atomic E-state index is 12.8. The average Bonchev–Trinajstić information content (AvgIpc) is 2.74. The molecule has 1 aliphatic rings. The monoisotopic (exact) mass is 533 g/mol. The van der Waals surface area contributed by atoms with Crippen LogP contribution in [0.15, 0.2) is 0 Å². The summed E-state index contributed by atoms with van der Waals surface area (Å²) in [6.45, 7) is 5.60. The van der Waals surface area contributed by atoms with Crippen molar-refractivity contribution >= 4 is 41.7 Å². The van der Waals surface area contributed by atoms with Gasteiger partial charge in [0.15, 0.2) is 12.2 Å². The van der Waals surface area contributed by atoms with Crippen molar-refractivity contribution in [3.8, 4) is 0 Å². The van der Waals surface area contributed by atoms with Gasteiger partial charge >= 0.3 is 41.6 Å². The van der Waals surface area contributed by atoms with Crippen molar-refractivity contribution in [3.05, 3.63) is 0 Å². The molecule has 6 atom stereocenters. The van der Waals surface area contributed by atoms with Crippen LogP contribution in [0.3, 0.4) is 0 Å². The minimum atomic E-state index is -2.54. The first-order valence-electron chi connectivity index (χ1n) is 11.0. The van der Waals surface area contributed by atoms with Crippen LogP contribution in [0.2, 0.25) is 0 Å². The van der Waals surface area contributed by atoms with E-state index in [1.54, 1.807) is 0 Å². The molecule has 0 radical (unpaired) electrons. The highest BCUT2D eigenvalue weighted by Gasteiger charge is 2.60. The molecule has 1 rings (SSSR count). The van der Waals surface area contributed by atoms with Gasteiger partial charge in [-0.3, -0.25) is 28.8 Å². The fourth-order valence-corrected chi connectivity index (χ4v) is 3.74. The van der Waals surface area contributed by atoms with Crippen LogP contribution in [-0.2, 0) is 66.7 Å². The van der Waals surface area contributed by atoms with Crippen LogP contribution in [0.25, 0.3) is 0 Å². The van der Waals surface area contributed by atoms with Gasteiger partial charge in [0.1, 0.15) is 18.8 Å². The second kappa shape index (κ2) is 13.5. The highest BCUT2D eigenvalue weighted by atomic mass is 16.8. The van der Waals surface area contributed by atoms with Crippen molar-refractivity contribution in [2.24, 2.45) is 0 Å². The van der Waals surface area contributed by atoms with E-state index in [1.165, 1.54) is 0 Å². The van der Waals surface area contributed by atoms with E-state index < -0.39 is 91.0 Å². The summed E-state index contributed by atoms with van der Waals surface area (Å²) < 4.78 is 36.6. The Bertz CT molecular complexity index is 917. The van der Waals surface area contributed by atoms with E-state index in [0.717, 1.165) is 48.7 Å². The lowest BCUT2D eigenvalue weighted by atomic mass is 9.88. The zero-order chi connectivity index (χ0) is 28.5. The molecular formula is C22H31NO14. The van der Waals surface area contributed by atoms with Crippen molar-refractivity contribution in [1.82, 2.24) is 5.32 Å². The molecule has 1 fully saturated rings. The Morgan fingerprint density at radius 3 is 1.89 bits per heavy atom. The van der Waals surface area contributed by atoms with Gasteiger partial charge in [-0.2, -0.15) is 0 Å². The second-order valence-electron chi connectivity index (χ2n) is 8.02. The molecule has 0 spiro atoms. The van der Waals surface area contributed by atoms with Crippen LogP contribution < -0.4 is 5.32 Å². The smallest absolute Gasteiger partial charge is 0.379 e. The first-order chi connectivity index (χ1) is 17.1. The topological polar surface area (TPSA) is 196 Å². The van der Waals surface area contributed by atoms with E-state index in [-0.39, 0.29) is 0 Å². The number of carbonyl (C=O) groups excluding carboxylic acids is 7. The maximum Gasteiger partial charge on any atom is 0.379 e. The van der Waals surface area contributed by atoms with Gasteiger partial charge in [-0.05, 0) is 0 Å². The molecule has 15 nitrogen and oxygen atoms in total. The lowest BCUT2D eigenvalue weighted by molar-refractivity contribution is -0.304. The summed E-state index contributed by atoms with van der Waals surface area (Å²) in [6, 6.07) is -1.35. The van der Waals surface area contributed by atoms with Crippen molar-refractivity contribution < 1.29 is 66.7 Å². The maximum absolute atomic E-state index is 12.8. The zero-order valence-corrected chi connectivity index (χ0v) is 21.5. The standard InChI is InChI=1S/C22H31NO14/c1-10(24)23-18-16(33-12(3)26)8-22(21(30)31-7,36-15(6)29)37-20(18)19(35-14(5)28)17(34-13(4)27)9-32-11(2)25/h16-20H,8-9H2,1-7H3,(H,23,24)/t16?,17-,18?,19-,20?,22?/m0/s1. The molecule has 0 aromatic heterocycles. The Morgan fingerprint density at radius 2 is 1.46 bits per heavy atom. The molecule has 0 saturated carbocycles. The van der Waals surface area contributed by atoms with Crippen LogP contribution >= 0.6 is 0 Å². The summed E-state index contributed by atoms with van der Waals surface area (Å²) >= 11 is 0. The normalized spacial score (nSPS) is 24.4. The number of ether oxygens (including phenoxy) is 7. The predicted octanol–water partition coefficient (Wildman–Crippen LogP) is -0.929. The predicted molar refractivity (Wildman–Crippen MR) is 117 cm³/mol. The molecule has 1 N–H and O–H groups in total.